The lowest BCUT2D eigenvalue weighted by Gasteiger charge is -2.49. The molecule has 2 nitrogen and oxygen atoms in total. The molecule has 1 atom stereocenters. The number of nitrogens with zero attached hydrogens (tertiary/aromatic N) is 1. The van der Waals surface area contributed by atoms with Crippen molar-refractivity contribution in [3.63, 3.8) is 0 Å². The van der Waals surface area contributed by atoms with Crippen LogP contribution >= 0.6 is 27.3 Å². The fourth-order valence-corrected chi connectivity index (χ4v) is 5.52. The van der Waals surface area contributed by atoms with Gasteiger partial charge in [0.15, 0.2) is 0 Å². The third-order valence-electron chi connectivity index (χ3n) is 5.15. The number of rotatable bonds is 4. The Morgan fingerprint density at radius 3 is 2.86 bits per heavy atom. The maximum Gasteiger partial charge on any atom is 0.0332 e. The molecule has 0 aromatic carbocycles. The summed E-state index contributed by atoms with van der Waals surface area (Å²) in [6, 6.07) is 3.01. The quantitative estimate of drug-likeness (QED) is 0.819. The molecule has 0 radical (unpaired) electrons. The minimum atomic E-state index is 0.414. The van der Waals surface area contributed by atoms with Crippen molar-refractivity contribution in [3.8, 4) is 0 Å². The Labute approximate surface area is 141 Å². The average molecular weight is 371 g/mol. The van der Waals surface area contributed by atoms with E-state index < -0.39 is 0 Å². The molecule has 4 heteroatoms. The zero-order valence-electron chi connectivity index (χ0n) is 13.0. The standard InChI is InChI=1S/C17H27BrN2S/c1-2-6-15-10-19-17(7-4-3-5-8-17)13-20(15)11-16-9-14(18)12-21-16/h9,12,15,19H,2-8,10-11,13H2,1H3. The molecule has 1 spiro atoms. The van der Waals surface area contributed by atoms with E-state index in [9.17, 15) is 0 Å². The molecule has 0 bridgehead atoms. The van der Waals surface area contributed by atoms with Gasteiger partial charge in [-0.1, -0.05) is 32.6 Å². The third-order valence-corrected chi connectivity index (χ3v) is 6.83. The minimum Gasteiger partial charge on any atom is -0.308 e. The smallest absolute Gasteiger partial charge is 0.0332 e. The fourth-order valence-electron chi connectivity index (χ4n) is 4.04. The topological polar surface area (TPSA) is 15.3 Å². The summed E-state index contributed by atoms with van der Waals surface area (Å²) >= 11 is 5.48. The first-order valence-electron chi connectivity index (χ1n) is 8.43. The Balaban J connectivity index is 1.71. The summed E-state index contributed by atoms with van der Waals surface area (Å²) in [6.07, 6.45) is 9.58. The van der Waals surface area contributed by atoms with Gasteiger partial charge < -0.3 is 5.32 Å². The van der Waals surface area contributed by atoms with E-state index in [2.05, 4.69) is 44.5 Å². The van der Waals surface area contributed by atoms with Crippen LogP contribution in [0, 0.1) is 0 Å². The van der Waals surface area contributed by atoms with Crippen LogP contribution in [0.25, 0.3) is 0 Å². The molecule has 2 heterocycles. The zero-order chi connectivity index (χ0) is 14.7. The van der Waals surface area contributed by atoms with Gasteiger partial charge in [0, 0.05) is 45.9 Å². The largest absolute Gasteiger partial charge is 0.308 e. The highest BCUT2D eigenvalue weighted by Gasteiger charge is 2.39. The Bertz CT molecular complexity index is 453. The number of halogens is 1. The molecular weight excluding hydrogens is 344 g/mol. The van der Waals surface area contributed by atoms with E-state index in [-0.39, 0.29) is 0 Å². The summed E-state index contributed by atoms with van der Waals surface area (Å²) in [4.78, 5) is 4.26. The predicted molar refractivity (Wildman–Crippen MR) is 94.9 cm³/mol. The Kier molecular flexibility index (Phi) is 5.41. The molecule has 1 aromatic rings. The van der Waals surface area contributed by atoms with Gasteiger partial charge in [-0.2, -0.15) is 0 Å². The van der Waals surface area contributed by atoms with Crippen molar-refractivity contribution < 1.29 is 0 Å². The molecule has 1 aliphatic carbocycles. The summed E-state index contributed by atoms with van der Waals surface area (Å²) in [5.41, 5.74) is 0.414. The van der Waals surface area contributed by atoms with E-state index in [0.717, 1.165) is 6.54 Å². The summed E-state index contributed by atoms with van der Waals surface area (Å²) < 4.78 is 1.23. The molecule has 21 heavy (non-hydrogen) atoms. The molecule has 1 N–H and O–H groups in total. The molecule has 1 saturated carbocycles. The van der Waals surface area contributed by atoms with E-state index in [1.165, 1.54) is 67.4 Å². The molecule has 3 rings (SSSR count). The van der Waals surface area contributed by atoms with Crippen molar-refractivity contribution in [1.29, 1.82) is 0 Å². The third kappa shape index (κ3) is 3.90. The second kappa shape index (κ2) is 7.12. The summed E-state index contributed by atoms with van der Waals surface area (Å²) in [5.74, 6) is 0. The predicted octanol–water partition coefficient (Wildman–Crippen LogP) is 4.79. The van der Waals surface area contributed by atoms with Crippen LogP contribution in [0.2, 0.25) is 0 Å². The minimum absolute atomic E-state index is 0.414. The second-order valence-electron chi connectivity index (χ2n) is 6.80. The van der Waals surface area contributed by atoms with Crippen molar-refractivity contribution in [3.05, 3.63) is 20.8 Å². The lowest BCUT2D eigenvalue weighted by Crippen LogP contribution is -2.64. The molecule has 1 saturated heterocycles. The molecule has 2 aliphatic rings. The van der Waals surface area contributed by atoms with Crippen LogP contribution in [0.5, 0.6) is 0 Å². The number of piperazine rings is 1. The summed E-state index contributed by atoms with van der Waals surface area (Å²) in [5, 5.41) is 6.15. The van der Waals surface area contributed by atoms with Crippen molar-refractivity contribution in [2.24, 2.45) is 0 Å². The van der Waals surface area contributed by atoms with Crippen molar-refractivity contribution in [2.45, 2.75) is 70.0 Å². The Hall–Kier alpha value is 0.1000. The number of thiophene rings is 1. The SMILES string of the molecule is CCCC1CNC2(CCCCC2)CN1Cc1cc(Br)cs1. The highest BCUT2D eigenvalue weighted by molar-refractivity contribution is 9.10. The van der Waals surface area contributed by atoms with Gasteiger partial charge in [0.25, 0.3) is 0 Å². The van der Waals surface area contributed by atoms with Gasteiger partial charge in [-0.15, -0.1) is 11.3 Å². The highest BCUT2D eigenvalue weighted by atomic mass is 79.9. The van der Waals surface area contributed by atoms with E-state index in [1.807, 2.05) is 11.3 Å². The van der Waals surface area contributed by atoms with Crippen molar-refractivity contribution >= 4 is 27.3 Å². The van der Waals surface area contributed by atoms with Gasteiger partial charge in [0.1, 0.15) is 0 Å². The van der Waals surface area contributed by atoms with E-state index in [4.69, 9.17) is 0 Å². The normalized spacial score (nSPS) is 26.3. The van der Waals surface area contributed by atoms with Gasteiger partial charge >= 0.3 is 0 Å². The number of hydrogen-bond acceptors (Lipinski definition) is 3. The van der Waals surface area contributed by atoms with Crippen molar-refractivity contribution in [1.82, 2.24) is 10.2 Å². The van der Waals surface area contributed by atoms with Crippen LogP contribution in [0.15, 0.2) is 15.9 Å². The second-order valence-corrected chi connectivity index (χ2v) is 8.71. The molecule has 1 aromatic heterocycles. The lowest BCUT2D eigenvalue weighted by atomic mass is 9.79. The summed E-state index contributed by atoms with van der Waals surface area (Å²) in [6.45, 7) is 5.86. The highest BCUT2D eigenvalue weighted by Crippen LogP contribution is 2.34. The van der Waals surface area contributed by atoms with Crippen LogP contribution in [0.1, 0.15) is 56.7 Å². The van der Waals surface area contributed by atoms with Crippen LogP contribution in [-0.4, -0.2) is 29.6 Å². The zero-order valence-corrected chi connectivity index (χ0v) is 15.4. The van der Waals surface area contributed by atoms with Gasteiger partial charge in [0.2, 0.25) is 0 Å². The number of nitrogens with one attached hydrogen (secondary N) is 1. The first-order chi connectivity index (χ1) is 10.2. The van der Waals surface area contributed by atoms with Gasteiger partial charge in [-0.05, 0) is 41.3 Å². The van der Waals surface area contributed by atoms with Crippen LogP contribution in [0.4, 0.5) is 0 Å². The van der Waals surface area contributed by atoms with Crippen LogP contribution < -0.4 is 5.32 Å². The lowest BCUT2D eigenvalue weighted by molar-refractivity contribution is 0.0468. The monoisotopic (exact) mass is 370 g/mol. The van der Waals surface area contributed by atoms with Crippen LogP contribution in [-0.2, 0) is 6.54 Å². The Morgan fingerprint density at radius 1 is 1.38 bits per heavy atom. The maximum absolute atomic E-state index is 3.94. The van der Waals surface area contributed by atoms with E-state index in [0.29, 0.717) is 11.6 Å². The first-order valence-corrected chi connectivity index (χ1v) is 10.1. The van der Waals surface area contributed by atoms with Crippen LogP contribution in [0.3, 0.4) is 0 Å². The van der Waals surface area contributed by atoms with Gasteiger partial charge in [-0.25, -0.2) is 0 Å². The first kappa shape index (κ1) is 16.0. The molecular formula is C17H27BrN2S. The van der Waals surface area contributed by atoms with Gasteiger partial charge in [0.05, 0.1) is 0 Å². The van der Waals surface area contributed by atoms with Gasteiger partial charge in [-0.3, -0.25) is 4.90 Å². The van der Waals surface area contributed by atoms with E-state index in [1.54, 1.807) is 0 Å². The van der Waals surface area contributed by atoms with E-state index >= 15 is 0 Å². The summed E-state index contributed by atoms with van der Waals surface area (Å²) in [7, 11) is 0. The molecule has 1 unspecified atom stereocenters. The average Bonchev–Trinajstić information content (AvgIpc) is 2.88. The molecule has 1 aliphatic heterocycles. The maximum atomic E-state index is 3.94. The molecule has 0 amide bonds. The molecule has 2 fully saturated rings. The van der Waals surface area contributed by atoms with Crippen molar-refractivity contribution in [2.75, 3.05) is 13.1 Å². The fraction of sp³-hybridized carbons (Fsp3) is 0.765. The Morgan fingerprint density at radius 2 is 2.19 bits per heavy atom. The number of hydrogen-bond donors (Lipinski definition) is 1. The molecule has 118 valence electrons.